The van der Waals surface area contributed by atoms with Gasteiger partial charge in [0.15, 0.2) is 0 Å². The minimum Gasteiger partial charge on any atom is -0.370 e. The van der Waals surface area contributed by atoms with Gasteiger partial charge in [0.05, 0.1) is 6.61 Å². The average molecular weight is 265 g/mol. The zero-order valence-corrected chi connectivity index (χ0v) is 10.3. The summed E-state index contributed by atoms with van der Waals surface area (Å²) < 4.78 is 41.9. The molecule has 0 bridgehead atoms. The molecule has 4 nitrogen and oxygen atoms in total. The maximum Gasteiger partial charge on any atom is 0.411 e. The number of nitrogens with zero attached hydrogens (tertiary/aromatic N) is 2. The summed E-state index contributed by atoms with van der Waals surface area (Å²) in [6.07, 6.45) is 0.499. The normalized spacial score (nSPS) is 13.8. The zero-order chi connectivity index (χ0) is 13.6. The smallest absolute Gasteiger partial charge is 0.370 e. The number of aromatic nitrogens is 2. The standard InChI is InChI=1S/C11H18F3N3O/c1-2-9(15)7-10-16-3-4-17(10)5-6-18-8-11(12,13)14/h3-4,9H,2,5-8,15H2,1H3. The van der Waals surface area contributed by atoms with E-state index in [1.54, 1.807) is 17.0 Å². The van der Waals surface area contributed by atoms with Gasteiger partial charge in [-0.25, -0.2) is 4.98 Å². The summed E-state index contributed by atoms with van der Waals surface area (Å²) in [5.74, 6) is 0.778. The highest BCUT2D eigenvalue weighted by molar-refractivity contribution is 4.95. The average Bonchev–Trinajstić information content (AvgIpc) is 2.70. The van der Waals surface area contributed by atoms with Crippen molar-refractivity contribution >= 4 is 0 Å². The lowest BCUT2D eigenvalue weighted by Gasteiger charge is -2.12. The molecule has 1 aromatic heterocycles. The summed E-state index contributed by atoms with van der Waals surface area (Å²) in [4.78, 5) is 4.14. The maximum absolute atomic E-state index is 11.9. The van der Waals surface area contributed by atoms with Crippen molar-refractivity contribution in [2.45, 2.75) is 38.5 Å². The SMILES string of the molecule is CCC(N)Cc1nccn1CCOCC(F)(F)F. The van der Waals surface area contributed by atoms with E-state index in [1.807, 2.05) is 6.92 Å². The van der Waals surface area contributed by atoms with E-state index in [9.17, 15) is 13.2 Å². The topological polar surface area (TPSA) is 53.1 Å². The Morgan fingerprint density at radius 1 is 1.50 bits per heavy atom. The predicted molar refractivity (Wildman–Crippen MR) is 61.1 cm³/mol. The molecular formula is C11H18F3N3O. The Balaban J connectivity index is 2.36. The van der Waals surface area contributed by atoms with Gasteiger partial charge < -0.3 is 15.0 Å². The van der Waals surface area contributed by atoms with Gasteiger partial charge >= 0.3 is 6.18 Å². The minimum atomic E-state index is -4.28. The molecule has 0 fully saturated rings. The number of rotatable bonds is 7. The van der Waals surface area contributed by atoms with Crippen LogP contribution < -0.4 is 5.73 Å². The number of imidazole rings is 1. The van der Waals surface area contributed by atoms with Gasteiger partial charge in [-0.15, -0.1) is 0 Å². The first-order chi connectivity index (χ1) is 8.42. The van der Waals surface area contributed by atoms with Crippen molar-refractivity contribution in [2.75, 3.05) is 13.2 Å². The second-order valence-corrected chi connectivity index (χ2v) is 4.08. The Hall–Kier alpha value is -1.08. The van der Waals surface area contributed by atoms with Gasteiger partial charge in [-0.3, -0.25) is 0 Å². The molecule has 0 aromatic carbocycles. The fourth-order valence-electron chi connectivity index (χ4n) is 1.46. The molecule has 0 spiro atoms. The number of halogens is 3. The summed E-state index contributed by atoms with van der Waals surface area (Å²) in [6, 6.07) is 0.0160. The lowest BCUT2D eigenvalue weighted by atomic mass is 10.1. The van der Waals surface area contributed by atoms with E-state index < -0.39 is 12.8 Å². The molecule has 0 aliphatic rings. The molecule has 1 atom stereocenters. The van der Waals surface area contributed by atoms with Gasteiger partial charge in [0.1, 0.15) is 12.4 Å². The predicted octanol–water partition coefficient (Wildman–Crippen LogP) is 1.74. The Morgan fingerprint density at radius 2 is 2.22 bits per heavy atom. The van der Waals surface area contributed by atoms with Gasteiger partial charge in [0.25, 0.3) is 0 Å². The highest BCUT2D eigenvalue weighted by Crippen LogP contribution is 2.14. The van der Waals surface area contributed by atoms with Crippen LogP contribution in [-0.2, 0) is 17.7 Å². The van der Waals surface area contributed by atoms with Gasteiger partial charge in [-0.05, 0) is 6.42 Å². The lowest BCUT2D eigenvalue weighted by Crippen LogP contribution is -2.24. The van der Waals surface area contributed by atoms with Crippen LogP contribution in [0.25, 0.3) is 0 Å². The molecule has 0 saturated carbocycles. The molecule has 0 aliphatic heterocycles. The molecule has 0 radical (unpaired) electrons. The van der Waals surface area contributed by atoms with E-state index in [1.165, 1.54) is 0 Å². The number of alkyl halides is 3. The van der Waals surface area contributed by atoms with Crippen LogP contribution >= 0.6 is 0 Å². The largest absolute Gasteiger partial charge is 0.411 e. The molecule has 1 aromatic rings. The van der Waals surface area contributed by atoms with Crippen molar-refractivity contribution in [1.82, 2.24) is 9.55 Å². The second-order valence-electron chi connectivity index (χ2n) is 4.08. The monoisotopic (exact) mass is 265 g/mol. The lowest BCUT2D eigenvalue weighted by molar-refractivity contribution is -0.174. The Morgan fingerprint density at radius 3 is 2.83 bits per heavy atom. The van der Waals surface area contributed by atoms with E-state index in [2.05, 4.69) is 9.72 Å². The molecule has 104 valence electrons. The van der Waals surface area contributed by atoms with Crippen molar-refractivity contribution in [3.63, 3.8) is 0 Å². The number of ether oxygens (including phenoxy) is 1. The summed E-state index contributed by atoms with van der Waals surface area (Å²) >= 11 is 0. The van der Waals surface area contributed by atoms with E-state index in [4.69, 9.17) is 5.73 Å². The zero-order valence-electron chi connectivity index (χ0n) is 10.3. The fourth-order valence-corrected chi connectivity index (χ4v) is 1.46. The first-order valence-corrected chi connectivity index (χ1v) is 5.82. The quantitative estimate of drug-likeness (QED) is 0.764. The van der Waals surface area contributed by atoms with Crippen LogP contribution in [0.1, 0.15) is 19.2 Å². The third-order valence-corrected chi connectivity index (χ3v) is 2.51. The third-order valence-electron chi connectivity index (χ3n) is 2.51. The number of hydrogen-bond donors (Lipinski definition) is 1. The molecule has 0 saturated heterocycles. The van der Waals surface area contributed by atoms with E-state index in [0.717, 1.165) is 12.2 Å². The highest BCUT2D eigenvalue weighted by atomic mass is 19.4. The van der Waals surface area contributed by atoms with Crippen LogP contribution in [0, 0.1) is 0 Å². The van der Waals surface area contributed by atoms with Crippen LogP contribution in [0.4, 0.5) is 13.2 Å². The first-order valence-electron chi connectivity index (χ1n) is 5.82. The van der Waals surface area contributed by atoms with Gasteiger partial charge in [0, 0.05) is 31.4 Å². The van der Waals surface area contributed by atoms with Crippen molar-refractivity contribution < 1.29 is 17.9 Å². The van der Waals surface area contributed by atoms with Crippen molar-refractivity contribution in [3.05, 3.63) is 18.2 Å². The van der Waals surface area contributed by atoms with E-state index in [-0.39, 0.29) is 12.6 Å². The van der Waals surface area contributed by atoms with E-state index >= 15 is 0 Å². The summed E-state index contributed by atoms with van der Waals surface area (Å²) in [7, 11) is 0. The first kappa shape index (κ1) is 15.0. The van der Waals surface area contributed by atoms with Crippen molar-refractivity contribution in [2.24, 2.45) is 5.73 Å². The molecule has 7 heteroatoms. The molecule has 2 N–H and O–H groups in total. The summed E-state index contributed by atoms with van der Waals surface area (Å²) in [5.41, 5.74) is 5.81. The molecule has 0 amide bonds. The summed E-state index contributed by atoms with van der Waals surface area (Å²) in [5, 5.41) is 0. The van der Waals surface area contributed by atoms with Gasteiger partial charge in [-0.1, -0.05) is 6.92 Å². The van der Waals surface area contributed by atoms with Gasteiger partial charge in [-0.2, -0.15) is 13.2 Å². The molecule has 1 unspecified atom stereocenters. The Labute approximate surface area is 104 Å². The Bertz CT molecular complexity index is 352. The molecule has 1 rings (SSSR count). The molecule has 0 aliphatic carbocycles. The molecule has 1 heterocycles. The van der Waals surface area contributed by atoms with Crippen LogP contribution in [0.3, 0.4) is 0 Å². The number of hydrogen-bond acceptors (Lipinski definition) is 3. The Kier molecular flexibility index (Phi) is 5.61. The van der Waals surface area contributed by atoms with Crippen molar-refractivity contribution in [1.29, 1.82) is 0 Å². The highest BCUT2D eigenvalue weighted by Gasteiger charge is 2.27. The molecule has 18 heavy (non-hydrogen) atoms. The van der Waals surface area contributed by atoms with Crippen molar-refractivity contribution in [3.8, 4) is 0 Å². The van der Waals surface area contributed by atoms with E-state index in [0.29, 0.717) is 13.0 Å². The van der Waals surface area contributed by atoms with Crippen LogP contribution in [-0.4, -0.2) is 35.0 Å². The van der Waals surface area contributed by atoms with Crippen LogP contribution in [0.5, 0.6) is 0 Å². The fraction of sp³-hybridized carbons (Fsp3) is 0.727. The maximum atomic E-state index is 11.9. The van der Waals surface area contributed by atoms with Crippen LogP contribution in [0.2, 0.25) is 0 Å². The third kappa shape index (κ3) is 5.50. The second kappa shape index (κ2) is 6.75. The van der Waals surface area contributed by atoms with Crippen LogP contribution in [0.15, 0.2) is 12.4 Å². The minimum absolute atomic E-state index is 0.00420. The van der Waals surface area contributed by atoms with Gasteiger partial charge in [0.2, 0.25) is 0 Å². The molecular weight excluding hydrogens is 247 g/mol. The number of nitrogens with two attached hydrogens (primary N) is 1. The summed E-state index contributed by atoms with van der Waals surface area (Å²) in [6.45, 7) is 1.11.